The van der Waals surface area contributed by atoms with Crippen molar-refractivity contribution in [3.05, 3.63) is 18.5 Å². The van der Waals surface area contributed by atoms with E-state index >= 15 is 0 Å². The van der Waals surface area contributed by atoms with E-state index in [9.17, 15) is 0 Å². The zero-order chi connectivity index (χ0) is 6.10. The predicted molar refractivity (Wildman–Crippen MR) is 40.0 cm³/mol. The quantitative estimate of drug-likeness (QED) is 0.618. The maximum absolute atomic E-state index is 3.86. The Hall–Kier alpha value is -1.16. The SMILES string of the molecule is Cl.[H+].c1cc2[nH]nnc2cn1. The van der Waals surface area contributed by atoms with E-state index in [1.165, 1.54) is 0 Å². The van der Waals surface area contributed by atoms with Crippen LogP contribution in [0.2, 0.25) is 0 Å². The van der Waals surface area contributed by atoms with Gasteiger partial charge in [0.1, 0.15) is 5.52 Å². The summed E-state index contributed by atoms with van der Waals surface area (Å²) in [4.78, 5) is 3.86. The van der Waals surface area contributed by atoms with Crippen LogP contribution in [0.1, 0.15) is 1.43 Å². The summed E-state index contributed by atoms with van der Waals surface area (Å²) < 4.78 is 0. The normalized spacial score (nSPS) is 9.20. The number of hydrogen-bond donors (Lipinski definition) is 1. The van der Waals surface area contributed by atoms with E-state index in [0.717, 1.165) is 11.0 Å². The standard InChI is InChI=1S/C5H4N4.ClH/c1-2-6-3-5-4(1)7-9-8-5;/h1-3H,(H,7,8,9);1H/p+1. The number of nitrogens with one attached hydrogen (secondary N) is 1. The Morgan fingerprint density at radius 1 is 1.50 bits per heavy atom. The molecule has 0 aromatic carbocycles. The fraction of sp³-hybridized carbons (Fsp3) is 0. The first-order valence-electron chi connectivity index (χ1n) is 2.57. The summed E-state index contributed by atoms with van der Waals surface area (Å²) in [5, 5.41) is 10.1. The largest absolute Gasteiger partial charge is 1.00 e. The van der Waals surface area contributed by atoms with Crippen LogP contribution in [0.15, 0.2) is 18.5 Å². The first-order chi connectivity index (χ1) is 4.47. The third kappa shape index (κ3) is 0.930. The van der Waals surface area contributed by atoms with Gasteiger partial charge in [-0.2, -0.15) is 0 Å². The summed E-state index contributed by atoms with van der Waals surface area (Å²) in [5.41, 5.74) is 1.72. The van der Waals surface area contributed by atoms with Crippen molar-refractivity contribution in [2.45, 2.75) is 0 Å². The zero-order valence-electron chi connectivity index (χ0n) is 5.98. The van der Waals surface area contributed by atoms with Gasteiger partial charge in [-0.25, -0.2) is 0 Å². The molecular formula is C5H6ClN4+. The highest BCUT2D eigenvalue weighted by Crippen LogP contribution is 2.01. The zero-order valence-corrected chi connectivity index (χ0v) is 5.80. The van der Waals surface area contributed by atoms with Gasteiger partial charge in [-0.05, 0) is 6.07 Å². The Morgan fingerprint density at radius 3 is 3.20 bits per heavy atom. The second kappa shape index (κ2) is 2.62. The Balaban J connectivity index is 0.000000500. The molecule has 5 heteroatoms. The summed E-state index contributed by atoms with van der Waals surface area (Å²) in [6, 6.07) is 1.83. The maximum atomic E-state index is 3.86. The van der Waals surface area contributed by atoms with Crippen LogP contribution < -0.4 is 0 Å². The van der Waals surface area contributed by atoms with Gasteiger partial charge in [0.25, 0.3) is 0 Å². The monoisotopic (exact) mass is 157 g/mol. The van der Waals surface area contributed by atoms with Crippen LogP contribution in [0.4, 0.5) is 0 Å². The van der Waals surface area contributed by atoms with Crippen LogP contribution in [-0.2, 0) is 0 Å². The predicted octanol–water partition coefficient (Wildman–Crippen LogP) is 0.887. The number of nitrogens with zero attached hydrogens (tertiary/aromatic N) is 3. The molecule has 1 N–H and O–H groups in total. The van der Waals surface area contributed by atoms with Gasteiger partial charge in [0.2, 0.25) is 0 Å². The summed E-state index contributed by atoms with van der Waals surface area (Å²) in [6.45, 7) is 0. The first kappa shape index (κ1) is 6.95. The summed E-state index contributed by atoms with van der Waals surface area (Å²) in [5.74, 6) is 0. The van der Waals surface area contributed by atoms with Gasteiger partial charge in [-0.15, -0.1) is 17.5 Å². The lowest BCUT2D eigenvalue weighted by atomic mass is 10.4. The number of aromatic nitrogens is 4. The Bertz CT molecular complexity index is 292. The van der Waals surface area contributed by atoms with Crippen molar-refractivity contribution >= 4 is 23.4 Å². The van der Waals surface area contributed by atoms with Crippen molar-refractivity contribution in [2.24, 2.45) is 0 Å². The van der Waals surface area contributed by atoms with Crippen molar-refractivity contribution in [3.63, 3.8) is 0 Å². The van der Waals surface area contributed by atoms with Gasteiger partial charge in [-0.3, -0.25) is 10.1 Å². The third-order valence-corrected chi connectivity index (χ3v) is 1.13. The fourth-order valence-corrected chi connectivity index (χ4v) is 0.693. The minimum Gasteiger partial charge on any atom is -0.262 e. The van der Waals surface area contributed by atoms with Gasteiger partial charge in [-0.1, -0.05) is 5.21 Å². The van der Waals surface area contributed by atoms with Crippen LogP contribution >= 0.6 is 12.4 Å². The van der Waals surface area contributed by atoms with E-state index in [2.05, 4.69) is 20.4 Å². The van der Waals surface area contributed by atoms with Crippen LogP contribution in [0.3, 0.4) is 0 Å². The van der Waals surface area contributed by atoms with E-state index in [1.54, 1.807) is 12.4 Å². The molecule has 2 rings (SSSR count). The number of aromatic amines is 1. The maximum Gasteiger partial charge on any atom is 1.00 e. The van der Waals surface area contributed by atoms with Crippen molar-refractivity contribution in [1.82, 2.24) is 20.4 Å². The molecule has 0 saturated carbocycles. The van der Waals surface area contributed by atoms with Crippen molar-refractivity contribution in [2.75, 3.05) is 0 Å². The number of hydrogen-bond acceptors (Lipinski definition) is 3. The van der Waals surface area contributed by atoms with E-state index in [-0.39, 0.29) is 13.8 Å². The molecule has 0 aliphatic carbocycles. The summed E-state index contributed by atoms with van der Waals surface area (Å²) >= 11 is 0. The lowest BCUT2D eigenvalue weighted by molar-refractivity contribution is 0.959. The van der Waals surface area contributed by atoms with E-state index in [1.807, 2.05) is 6.07 Å². The number of rotatable bonds is 0. The molecule has 0 spiro atoms. The highest BCUT2D eigenvalue weighted by atomic mass is 35.5. The molecule has 0 aliphatic heterocycles. The molecule has 0 radical (unpaired) electrons. The van der Waals surface area contributed by atoms with E-state index < -0.39 is 0 Å². The van der Waals surface area contributed by atoms with Gasteiger partial charge < -0.3 is 0 Å². The number of halogens is 1. The summed E-state index contributed by atoms with van der Waals surface area (Å²) in [7, 11) is 0. The Kier molecular flexibility index (Phi) is 1.82. The number of H-pyrrole nitrogens is 1. The van der Waals surface area contributed by atoms with E-state index in [0.29, 0.717) is 0 Å². The molecule has 0 saturated heterocycles. The lowest BCUT2D eigenvalue weighted by Gasteiger charge is -1.78. The molecule has 0 aliphatic rings. The summed E-state index contributed by atoms with van der Waals surface area (Å²) in [6.07, 6.45) is 3.36. The molecule has 0 bridgehead atoms. The molecule has 2 aromatic heterocycles. The molecule has 2 aromatic rings. The molecule has 0 fully saturated rings. The van der Waals surface area contributed by atoms with Crippen LogP contribution in [-0.4, -0.2) is 20.4 Å². The molecule has 0 unspecified atom stereocenters. The second-order valence-corrected chi connectivity index (χ2v) is 1.70. The van der Waals surface area contributed by atoms with Crippen molar-refractivity contribution < 1.29 is 1.43 Å². The van der Waals surface area contributed by atoms with Crippen LogP contribution in [0.25, 0.3) is 11.0 Å². The Morgan fingerprint density at radius 2 is 2.40 bits per heavy atom. The molecular weight excluding hydrogens is 152 g/mol. The average molecular weight is 158 g/mol. The topological polar surface area (TPSA) is 54.5 Å². The Labute approximate surface area is 64.6 Å². The molecule has 52 valence electrons. The fourth-order valence-electron chi connectivity index (χ4n) is 0.693. The third-order valence-electron chi connectivity index (χ3n) is 1.13. The molecule has 2 heterocycles. The number of pyridine rings is 1. The molecule has 0 atom stereocenters. The van der Waals surface area contributed by atoms with Gasteiger partial charge in [0.05, 0.1) is 11.7 Å². The molecule has 4 nitrogen and oxygen atoms in total. The minimum absolute atomic E-state index is 0. The van der Waals surface area contributed by atoms with E-state index in [4.69, 9.17) is 0 Å². The first-order valence-corrected chi connectivity index (χ1v) is 2.57. The average Bonchev–Trinajstić information content (AvgIpc) is 2.33. The lowest BCUT2D eigenvalue weighted by Crippen LogP contribution is -1.69. The van der Waals surface area contributed by atoms with Gasteiger partial charge >= 0.3 is 1.43 Å². The smallest absolute Gasteiger partial charge is 0.262 e. The van der Waals surface area contributed by atoms with Crippen molar-refractivity contribution in [3.8, 4) is 0 Å². The minimum atomic E-state index is 0. The van der Waals surface area contributed by atoms with Crippen molar-refractivity contribution in [1.29, 1.82) is 0 Å². The van der Waals surface area contributed by atoms with Crippen LogP contribution in [0.5, 0.6) is 0 Å². The van der Waals surface area contributed by atoms with Crippen LogP contribution in [0, 0.1) is 0 Å². The highest BCUT2D eigenvalue weighted by molar-refractivity contribution is 5.85. The van der Waals surface area contributed by atoms with Gasteiger partial charge in [0, 0.05) is 6.20 Å². The molecule has 10 heavy (non-hydrogen) atoms. The van der Waals surface area contributed by atoms with Gasteiger partial charge in [0.15, 0.2) is 0 Å². The number of fused-ring (bicyclic) bond motifs is 1. The second-order valence-electron chi connectivity index (χ2n) is 1.70. The highest BCUT2D eigenvalue weighted by Gasteiger charge is 1.91. The molecule has 0 amide bonds.